The SMILES string of the molecule is CCc1nc(Cl)c(C(=O)NC(C)C)n1Cc1c2ccocc-2c(Br)c1-c1ccccc1-c1nn[nH]n1. The normalized spacial score (nSPS) is 11.5. The predicted octanol–water partition coefficient (Wildman–Crippen LogP) is 5.59. The van der Waals surface area contributed by atoms with Gasteiger partial charge in [0.15, 0.2) is 5.15 Å². The Balaban J connectivity index is 1.75. The number of hydrogen-bond acceptors (Lipinski definition) is 6. The molecule has 9 nitrogen and oxygen atoms in total. The minimum absolute atomic E-state index is 0.0464. The highest BCUT2D eigenvalue weighted by Crippen LogP contribution is 2.48. The second-order valence-electron chi connectivity index (χ2n) is 8.57. The van der Waals surface area contributed by atoms with Crippen molar-refractivity contribution in [2.24, 2.45) is 0 Å². The molecule has 1 aliphatic heterocycles. The summed E-state index contributed by atoms with van der Waals surface area (Å²) in [6.45, 7) is 6.17. The summed E-state index contributed by atoms with van der Waals surface area (Å²) < 4.78 is 8.27. The largest absolute Gasteiger partial charge is 0.472 e. The van der Waals surface area contributed by atoms with E-state index in [9.17, 15) is 4.79 Å². The lowest BCUT2D eigenvalue weighted by molar-refractivity contribution is 0.0934. The molecule has 0 unspecified atom stereocenters. The average molecular weight is 569 g/mol. The highest BCUT2D eigenvalue weighted by molar-refractivity contribution is 9.10. The van der Waals surface area contributed by atoms with E-state index in [0.29, 0.717) is 24.5 Å². The van der Waals surface area contributed by atoms with Crippen LogP contribution in [0.3, 0.4) is 0 Å². The molecule has 0 spiro atoms. The zero-order valence-corrected chi connectivity index (χ0v) is 22.2. The first-order valence-electron chi connectivity index (χ1n) is 11.5. The molecule has 1 aliphatic carbocycles. The van der Waals surface area contributed by atoms with Crippen LogP contribution in [0.4, 0.5) is 0 Å². The summed E-state index contributed by atoms with van der Waals surface area (Å²) in [5.41, 5.74) is 5.87. The summed E-state index contributed by atoms with van der Waals surface area (Å²) in [5.74, 6) is 0.939. The molecule has 11 heteroatoms. The molecule has 2 N–H and O–H groups in total. The summed E-state index contributed by atoms with van der Waals surface area (Å²) in [7, 11) is 0. The fourth-order valence-corrected chi connectivity index (χ4v) is 5.48. The van der Waals surface area contributed by atoms with Crippen molar-refractivity contribution in [1.29, 1.82) is 0 Å². The van der Waals surface area contributed by atoms with Crippen LogP contribution in [0.25, 0.3) is 33.6 Å². The molecule has 1 amide bonds. The third kappa shape index (κ3) is 4.20. The first kappa shape index (κ1) is 24.2. The van der Waals surface area contributed by atoms with E-state index >= 15 is 0 Å². The number of amides is 1. The van der Waals surface area contributed by atoms with Crippen molar-refractivity contribution < 1.29 is 9.21 Å². The minimum Gasteiger partial charge on any atom is -0.472 e. The second kappa shape index (κ2) is 9.87. The van der Waals surface area contributed by atoms with Crippen molar-refractivity contribution in [2.45, 2.75) is 39.8 Å². The first-order chi connectivity index (χ1) is 17.4. The van der Waals surface area contributed by atoms with Gasteiger partial charge >= 0.3 is 0 Å². The van der Waals surface area contributed by atoms with Gasteiger partial charge in [-0.3, -0.25) is 4.79 Å². The maximum absolute atomic E-state index is 13.1. The zero-order chi connectivity index (χ0) is 25.4. The molecule has 2 aliphatic rings. The molecule has 3 aromatic rings. The van der Waals surface area contributed by atoms with Crippen LogP contribution in [-0.4, -0.2) is 42.1 Å². The Hall–Kier alpha value is -3.50. The summed E-state index contributed by atoms with van der Waals surface area (Å²) in [5, 5.41) is 17.8. The number of H-pyrrole nitrogens is 1. The van der Waals surface area contributed by atoms with Crippen LogP contribution >= 0.6 is 27.5 Å². The van der Waals surface area contributed by atoms with E-state index in [1.54, 1.807) is 12.5 Å². The van der Waals surface area contributed by atoms with Crippen LogP contribution in [0.1, 0.15) is 42.6 Å². The topological polar surface area (TPSA) is 115 Å². The van der Waals surface area contributed by atoms with Crippen molar-refractivity contribution >= 4 is 33.4 Å². The number of fused-ring (bicyclic) bond motifs is 1. The van der Waals surface area contributed by atoms with Crippen molar-refractivity contribution in [3.05, 3.63) is 69.6 Å². The van der Waals surface area contributed by atoms with Gasteiger partial charge in [-0.1, -0.05) is 42.8 Å². The number of hydrogen-bond donors (Lipinski definition) is 2. The molecule has 0 fully saturated rings. The maximum atomic E-state index is 13.1. The number of tetrazole rings is 1. The maximum Gasteiger partial charge on any atom is 0.271 e. The van der Waals surface area contributed by atoms with Gasteiger partial charge in [0.05, 0.1) is 19.1 Å². The molecule has 0 bridgehead atoms. The van der Waals surface area contributed by atoms with Gasteiger partial charge < -0.3 is 14.3 Å². The Morgan fingerprint density at radius 3 is 2.67 bits per heavy atom. The summed E-state index contributed by atoms with van der Waals surface area (Å²) in [6, 6.07) is 9.73. The molecule has 1 aromatic carbocycles. The predicted molar refractivity (Wildman–Crippen MR) is 140 cm³/mol. The molecular formula is C25H23BrClN7O2. The van der Waals surface area contributed by atoms with Gasteiger partial charge in [0.25, 0.3) is 5.91 Å². The van der Waals surface area contributed by atoms with E-state index in [0.717, 1.165) is 43.7 Å². The molecular weight excluding hydrogens is 546 g/mol. The number of aryl methyl sites for hydroxylation is 1. The van der Waals surface area contributed by atoms with Crippen molar-refractivity contribution in [1.82, 2.24) is 35.5 Å². The highest BCUT2D eigenvalue weighted by Gasteiger charge is 2.29. The lowest BCUT2D eigenvalue weighted by Gasteiger charge is -2.16. The number of nitrogens with zero attached hydrogens (tertiary/aromatic N) is 5. The van der Waals surface area contributed by atoms with E-state index in [-0.39, 0.29) is 17.1 Å². The molecule has 0 saturated heterocycles. The fourth-order valence-electron chi connectivity index (χ4n) is 4.43. The van der Waals surface area contributed by atoms with E-state index in [1.165, 1.54) is 0 Å². The Bertz CT molecular complexity index is 1510. The lowest BCUT2D eigenvalue weighted by Crippen LogP contribution is -2.32. The lowest BCUT2D eigenvalue weighted by atomic mass is 9.97. The number of aromatic amines is 1. The van der Waals surface area contributed by atoms with Crippen molar-refractivity contribution in [3.8, 4) is 33.6 Å². The number of imidazole rings is 1. The van der Waals surface area contributed by atoms with Gasteiger partial charge in [-0.25, -0.2) is 4.98 Å². The standard InChI is InChI=1S/C25H23BrClN7O2/c1-4-19-29-23(27)22(25(35)28-13(2)3)34(19)11-17-14-9-10-36-12-18(14)21(26)20(17)15-7-5-6-8-16(15)24-30-32-33-31-24/h5-10,12-13H,4,11H2,1-3H3,(H,28,35)(H,30,31,32,33). The zero-order valence-electron chi connectivity index (χ0n) is 19.8. The molecule has 36 heavy (non-hydrogen) atoms. The van der Waals surface area contributed by atoms with E-state index in [1.807, 2.05) is 55.7 Å². The smallest absolute Gasteiger partial charge is 0.271 e. The number of carbonyl (C=O) groups is 1. The van der Waals surface area contributed by atoms with Crippen molar-refractivity contribution in [3.63, 3.8) is 0 Å². The third-order valence-electron chi connectivity index (χ3n) is 5.93. The number of rotatable bonds is 7. The number of carbonyl (C=O) groups excluding carboxylic acids is 1. The van der Waals surface area contributed by atoms with Gasteiger partial charge in [0.2, 0.25) is 5.82 Å². The van der Waals surface area contributed by atoms with Crippen LogP contribution in [0, 0.1) is 0 Å². The van der Waals surface area contributed by atoms with Gasteiger partial charge in [0.1, 0.15) is 11.5 Å². The molecule has 0 atom stereocenters. The second-order valence-corrected chi connectivity index (χ2v) is 9.72. The number of aromatic nitrogens is 6. The van der Waals surface area contributed by atoms with Gasteiger partial charge in [-0.2, -0.15) is 5.21 Å². The average Bonchev–Trinajstić information content (AvgIpc) is 3.57. The number of halogens is 2. The van der Waals surface area contributed by atoms with Crippen molar-refractivity contribution in [2.75, 3.05) is 0 Å². The quantitative estimate of drug-likeness (QED) is 0.264. The molecule has 0 radical (unpaired) electrons. The Kier molecular flexibility index (Phi) is 6.63. The molecule has 5 rings (SSSR count). The first-order valence-corrected chi connectivity index (χ1v) is 12.6. The monoisotopic (exact) mass is 567 g/mol. The number of benzene rings is 1. The Labute approximate surface area is 220 Å². The molecule has 3 heterocycles. The van der Waals surface area contributed by atoms with Crippen LogP contribution in [0.15, 0.2) is 51.7 Å². The van der Waals surface area contributed by atoms with Crippen LogP contribution in [0.5, 0.6) is 0 Å². The van der Waals surface area contributed by atoms with Gasteiger partial charge in [-0.05, 0) is 57.7 Å². The summed E-state index contributed by atoms with van der Waals surface area (Å²) >= 11 is 10.3. The Morgan fingerprint density at radius 2 is 1.97 bits per heavy atom. The van der Waals surface area contributed by atoms with E-state index < -0.39 is 0 Å². The summed E-state index contributed by atoms with van der Waals surface area (Å²) in [6.07, 6.45) is 3.96. The Morgan fingerprint density at radius 1 is 1.19 bits per heavy atom. The molecule has 0 saturated carbocycles. The van der Waals surface area contributed by atoms with E-state index in [2.05, 4.69) is 46.9 Å². The minimum atomic E-state index is -0.263. The highest BCUT2D eigenvalue weighted by atomic mass is 79.9. The van der Waals surface area contributed by atoms with Crippen LogP contribution in [-0.2, 0) is 13.0 Å². The number of nitrogens with one attached hydrogen (secondary N) is 2. The molecule has 2 aromatic heterocycles. The molecule has 184 valence electrons. The van der Waals surface area contributed by atoms with Gasteiger partial charge in [0, 0.05) is 33.6 Å². The van der Waals surface area contributed by atoms with Crippen LogP contribution < -0.4 is 5.32 Å². The van der Waals surface area contributed by atoms with E-state index in [4.69, 9.17) is 16.0 Å². The summed E-state index contributed by atoms with van der Waals surface area (Å²) in [4.78, 5) is 17.6. The third-order valence-corrected chi connectivity index (χ3v) is 7.01. The van der Waals surface area contributed by atoms with Crippen LogP contribution in [0.2, 0.25) is 5.15 Å². The van der Waals surface area contributed by atoms with Gasteiger partial charge in [-0.15, -0.1) is 10.2 Å². The fraction of sp³-hybridized carbons (Fsp3) is 0.240.